The summed E-state index contributed by atoms with van der Waals surface area (Å²) in [5.41, 5.74) is 11.3. The standard InChI is InChI=1S/C58H43ClN3/c59-37-14-38-60-40-54-52-36-31-42-16-13-15-41-25-26-45(56(52)55(41)42)39-53(54)57(43-27-32-50(33-28-43)61(46-17-5-1-6-18-46)47-19-7-2-8-20-47)58(60)44-29-34-51(35-30-44)62(48-21-9-3-10-22-48)49-23-11-4-12-24-49/h1-13,15-36,39-40H,14,37-38H2/q+1. The van der Waals surface area contributed by atoms with E-state index in [9.17, 15) is 0 Å². The highest BCUT2D eigenvalue weighted by Crippen LogP contribution is 2.45. The molecule has 0 radical (unpaired) electrons. The molecule has 0 saturated heterocycles. The molecule has 0 fully saturated rings. The monoisotopic (exact) mass is 816 g/mol. The molecule has 0 atom stereocenters. The number of anilines is 6. The van der Waals surface area contributed by atoms with Crippen molar-refractivity contribution in [1.82, 2.24) is 0 Å². The fourth-order valence-electron chi connectivity index (χ4n) is 9.43. The van der Waals surface area contributed by atoms with E-state index in [1.54, 1.807) is 0 Å². The maximum atomic E-state index is 6.52. The number of rotatable bonds is 11. The minimum atomic E-state index is 0.573. The number of pyridine rings is 1. The quantitative estimate of drug-likeness (QED) is 0.0557. The summed E-state index contributed by atoms with van der Waals surface area (Å²) in [7, 11) is 0. The van der Waals surface area contributed by atoms with E-state index in [4.69, 9.17) is 11.6 Å². The van der Waals surface area contributed by atoms with Crippen LogP contribution >= 0.6 is 11.6 Å². The van der Waals surface area contributed by atoms with Crippen LogP contribution in [-0.2, 0) is 6.54 Å². The maximum Gasteiger partial charge on any atom is 0.221 e. The van der Waals surface area contributed by atoms with Gasteiger partial charge in [-0.3, -0.25) is 0 Å². The molecular formula is C58H43ClN3+. The average molecular weight is 817 g/mol. The molecule has 0 saturated carbocycles. The van der Waals surface area contributed by atoms with Gasteiger partial charge >= 0.3 is 0 Å². The molecule has 11 aromatic rings. The van der Waals surface area contributed by atoms with Crippen LogP contribution in [0.5, 0.6) is 0 Å². The van der Waals surface area contributed by atoms with E-state index < -0.39 is 0 Å². The topological polar surface area (TPSA) is 10.4 Å². The first kappa shape index (κ1) is 37.5. The Morgan fingerprint density at radius 2 is 0.823 bits per heavy atom. The normalized spacial score (nSPS) is 11.5. The molecule has 0 amide bonds. The van der Waals surface area contributed by atoms with Crippen molar-refractivity contribution in [2.75, 3.05) is 15.7 Å². The Labute approximate surface area is 367 Å². The first-order valence-electron chi connectivity index (χ1n) is 21.4. The van der Waals surface area contributed by atoms with Crippen molar-refractivity contribution < 1.29 is 4.57 Å². The summed E-state index contributed by atoms with van der Waals surface area (Å²) in [5.74, 6) is 0.573. The summed E-state index contributed by atoms with van der Waals surface area (Å²) in [5, 5.41) is 10.1. The van der Waals surface area contributed by atoms with E-state index in [0.29, 0.717) is 5.88 Å². The Hall–Kier alpha value is -7.46. The van der Waals surface area contributed by atoms with Gasteiger partial charge in [0.2, 0.25) is 5.69 Å². The van der Waals surface area contributed by atoms with E-state index >= 15 is 0 Å². The largest absolute Gasteiger partial charge is 0.311 e. The number of aryl methyl sites for hydroxylation is 1. The maximum absolute atomic E-state index is 6.52. The zero-order chi connectivity index (χ0) is 41.4. The van der Waals surface area contributed by atoms with Crippen molar-refractivity contribution in [3.8, 4) is 22.4 Å². The molecule has 0 spiro atoms. The van der Waals surface area contributed by atoms with Crippen LogP contribution in [0.3, 0.4) is 0 Å². The van der Waals surface area contributed by atoms with Crippen LogP contribution in [0.15, 0.2) is 225 Å². The van der Waals surface area contributed by atoms with Gasteiger partial charge in [-0.05, 0) is 129 Å². The Morgan fingerprint density at radius 1 is 0.371 bits per heavy atom. The molecule has 0 aliphatic heterocycles. The highest BCUT2D eigenvalue weighted by Gasteiger charge is 2.27. The van der Waals surface area contributed by atoms with Crippen molar-refractivity contribution in [3.05, 3.63) is 225 Å². The van der Waals surface area contributed by atoms with Crippen LogP contribution in [0.25, 0.3) is 65.5 Å². The lowest BCUT2D eigenvalue weighted by atomic mass is 9.87. The molecule has 62 heavy (non-hydrogen) atoms. The Bertz CT molecular complexity index is 3210. The highest BCUT2D eigenvalue weighted by molar-refractivity contribution is 6.30. The van der Waals surface area contributed by atoms with Gasteiger partial charge in [-0.1, -0.05) is 127 Å². The van der Waals surface area contributed by atoms with Crippen LogP contribution in [0.1, 0.15) is 6.42 Å². The van der Waals surface area contributed by atoms with Gasteiger partial charge in [-0.25, -0.2) is 0 Å². The third kappa shape index (κ3) is 6.68. The first-order valence-corrected chi connectivity index (χ1v) is 21.9. The van der Waals surface area contributed by atoms with Crippen LogP contribution in [0.4, 0.5) is 34.1 Å². The zero-order valence-electron chi connectivity index (χ0n) is 34.2. The molecule has 0 aliphatic carbocycles. The molecule has 296 valence electrons. The number of alkyl halides is 1. The van der Waals surface area contributed by atoms with Gasteiger partial charge in [0.05, 0.1) is 10.9 Å². The summed E-state index contributed by atoms with van der Waals surface area (Å²) in [6.07, 6.45) is 3.23. The summed E-state index contributed by atoms with van der Waals surface area (Å²) >= 11 is 6.52. The highest BCUT2D eigenvalue weighted by atomic mass is 35.5. The van der Waals surface area contributed by atoms with Gasteiger partial charge in [0, 0.05) is 57.4 Å². The third-order valence-corrected chi connectivity index (χ3v) is 12.4. The Morgan fingerprint density at radius 3 is 1.32 bits per heavy atom. The molecule has 1 heterocycles. The molecule has 0 aliphatic rings. The summed E-state index contributed by atoms with van der Waals surface area (Å²) in [4.78, 5) is 4.64. The fourth-order valence-corrected chi connectivity index (χ4v) is 9.55. The van der Waals surface area contributed by atoms with E-state index in [2.05, 4.69) is 239 Å². The van der Waals surface area contributed by atoms with Gasteiger partial charge < -0.3 is 9.80 Å². The van der Waals surface area contributed by atoms with E-state index in [1.807, 2.05) is 0 Å². The second kappa shape index (κ2) is 16.2. The average Bonchev–Trinajstić information content (AvgIpc) is 3.34. The molecule has 0 N–H and O–H groups in total. The predicted molar refractivity (Wildman–Crippen MR) is 263 cm³/mol. The number of benzene rings is 10. The summed E-state index contributed by atoms with van der Waals surface area (Å²) in [6, 6.07) is 79.0. The molecule has 0 bridgehead atoms. The predicted octanol–water partition coefficient (Wildman–Crippen LogP) is 15.9. The Kier molecular flexibility index (Phi) is 9.80. The Balaban J connectivity index is 1.15. The number of fused-ring (bicyclic) bond motifs is 2. The van der Waals surface area contributed by atoms with Crippen LogP contribution in [0.2, 0.25) is 0 Å². The van der Waals surface area contributed by atoms with Gasteiger partial charge in [0.15, 0.2) is 6.20 Å². The van der Waals surface area contributed by atoms with Gasteiger partial charge in [-0.2, -0.15) is 4.57 Å². The van der Waals surface area contributed by atoms with E-state index in [0.717, 1.165) is 58.2 Å². The van der Waals surface area contributed by atoms with Crippen LogP contribution in [-0.4, -0.2) is 5.88 Å². The lowest BCUT2D eigenvalue weighted by Gasteiger charge is -2.26. The van der Waals surface area contributed by atoms with Crippen molar-refractivity contribution in [2.45, 2.75) is 13.0 Å². The van der Waals surface area contributed by atoms with Crippen LogP contribution in [0, 0.1) is 0 Å². The number of para-hydroxylation sites is 4. The molecular weight excluding hydrogens is 774 g/mol. The number of aromatic nitrogens is 1. The van der Waals surface area contributed by atoms with Gasteiger partial charge in [0.1, 0.15) is 6.54 Å². The zero-order valence-corrected chi connectivity index (χ0v) is 35.0. The molecule has 4 heteroatoms. The van der Waals surface area contributed by atoms with E-state index in [1.165, 1.54) is 54.3 Å². The van der Waals surface area contributed by atoms with Crippen molar-refractivity contribution in [3.63, 3.8) is 0 Å². The second-order valence-corrected chi connectivity index (χ2v) is 16.3. The van der Waals surface area contributed by atoms with Crippen molar-refractivity contribution >= 4 is 88.8 Å². The number of hydrogen-bond donors (Lipinski definition) is 0. The molecule has 10 aromatic carbocycles. The smallest absolute Gasteiger partial charge is 0.221 e. The second-order valence-electron chi connectivity index (χ2n) is 15.9. The lowest BCUT2D eigenvalue weighted by Crippen LogP contribution is -2.37. The van der Waals surface area contributed by atoms with Crippen molar-refractivity contribution in [1.29, 1.82) is 0 Å². The molecule has 11 rings (SSSR count). The van der Waals surface area contributed by atoms with Gasteiger partial charge in [-0.15, -0.1) is 11.6 Å². The number of halogens is 1. The minimum Gasteiger partial charge on any atom is -0.311 e. The molecule has 1 aromatic heterocycles. The number of hydrogen-bond acceptors (Lipinski definition) is 2. The minimum absolute atomic E-state index is 0.573. The first-order chi connectivity index (χ1) is 30.7. The fraction of sp³-hybridized carbons (Fsp3) is 0.0517. The molecule has 0 unspecified atom stereocenters. The van der Waals surface area contributed by atoms with Crippen LogP contribution < -0.4 is 14.4 Å². The lowest BCUT2D eigenvalue weighted by molar-refractivity contribution is -0.684. The van der Waals surface area contributed by atoms with E-state index in [-0.39, 0.29) is 0 Å². The third-order valence-electron chi connectivity index (χ3n) is 12.2. The van der Waals surface area contributed by atoms with Crippen molar-refractivity contribution in [2.24, 2.45) is 0 Å². The number of nitrogens with zero attached hydrogens (tertiary/aromatic N) is 3. The summed E-state index contributed by atoms with van der Waals surface area (Å²) < 4.78 is 2.46. The molecule has 3 nitrogen and oxygen atoms in total. The summed E-state index contributed by atoms with van der Waals surface area (Å²) in [6.45, 7) is 0.777. The van der Waals surface area contributed by atoms with Gasteiger partial charge in [0.25, 0.3) is 0 Å². The SMILES string of the molecule is ClCCC[n+]1cc2c(cc3ccc4cccc5ccc2c3c45)c(-c2ccc(N(c3ccccc3)c3ccccc3)cc2)c1-c1ccc(N(c2ccccc2)c2ccccc2)cc1.